The van der Waals surface area contributed by atoms with Crippen molar-refractivity contribution in [2.24, 2.45) is 0 Å². The van der Waals surface area contributed by atoms with Crippen molar-refractivity contribution >= 4 is 5.97 Å². The Morgan fingerprint density at radius 1 is 1.33 bits per heavy atom. The molecule has 5 heteroatoms. The van der Waals surface area contributed by atoms with Gasteiger partial charge in [0.05, 0.1) is 6.42 Å². The van der Waals surface area contributed by atoms with E-state index in [1.807, 2.05) is 13.0 Å². The average molecular weight is 326 g/mol. The second kappa shape index (κ2) is 6.38. The third-order valence-corrected chi connectivity index (χ3v) is 5.14. The molecule has 0 spiro atoms. The van der Waals surface area contributed by atoms with Gasteiger partial charge in [0.2, 0.25) is 11.7 Å². The van der Waals surface area contributed by atoms with Gasteiger partial charge in [-0.2, -0.15) is 4.98 Å². The van der Waals surface area contributed by atoms with E-state index < -0.39 is 0 Å². The Labute approximate surface area is 141 Å². The van der Waals surface area contributed by atoms with Crippen LogP contribution in [0.1, 0.15) is 62.0 Å². The monoisotopic (exact) mass is 326 g/mol. The molecule has 1 aromatic carbocycles. The van der Waals surface area contributed by atoms with Gasteiger partial charge in [-0.1, -0.05) is 24.2 Å². The number of ether oxygens (including phenoxy) is 1. The van der Waals surface area contributed by atoms with Crippen LogP contribution in [0.5, 0.6) is 0 Å². The van der Waals surface area contributed by atoms with Crippen LogP contribution in [0.25, 0.3) is 11.4 Å². The first-order valence-corrected chi connectivity index (χ1v) is 8.88. The minimum atomic E-state index is -0.0487. The molecule has 0 amide bonds. The lowest BCUT2D eigenvalue weighted by Crippen LogP contribution is -2.25. The molecule has 5 nitrogen and oxygen atoms in total. The van der Waals surface area contributed by atoms with E-state index in [4.69, 9.17) is 9.26 Å². The lowest BCUT2D eigenvalue weighted by molar-refractivity contribution is -0.153. The predicted molar refractivity (Wildman–Crippen MR) is 88.5 cm³/mol. The summed E-state index contributed by atoms with van der Waals surface area (Å²) in [6.07, 6.45) is 6.64. The zero-order valence-electron chi connectivity index (χ0n) is 14.0. The summed E-state index contributed by atoms with van der Waals surface area (Å²) in [6.45, 7) is 1.99. The van der Waals surface area contributed by atoms with Crippen LogP contribution in [0.4, 0.5) is 0 Å². The van der Waals surface area contributed by atoms with Gasteiger partial charge in [-0.05, 0) is 55.2 Å². The van der Waals surface area contributed by atoms with Crippen molar-refractivity contribution < 1.29 is 14.1 Å². The molecule has 1 atom stereocenters. The van der Waals surface area contributed by atoms with E-state index in [1.54, 1.807) is 0 Å². The second-order valence-electron chi connectivity index (χ2n) is 6.76. The zero-order chi connectivity index (χ0) is 16.5. The van der Waals surface area contributed by atoms with Crippen molar-refractivity contribution in [3.63, 3.8) is 0 Å². The average Bonchev–Trinajstić information content (AvgIpc) is 3.18. The van der Waals surface area contributed by atoms with Crippen molar-refractivity contribution in [1.29, 1.82) is 0 Å². The molecule has 0 saturated heterocycles. The Morgan fingerprint density at radius 2 is 2.21 bits per heavy atom. The van der Waals surface area contributed by atoms with Gasteiger partial charge in [-0.15, -0.1) is 0 Å². The molecule has 1 aromatic heterocycles. The van der Waals surface area contributed by atoms with Crippen LogP contribution >= 0.6 is 0 Å². The zero-order valence-corrected chi connectivity index (χ0v) is 14.0. The largest absolute Gasteiger partial charge is 0.462 e. The van der Waals surface area contributed by atoms with E-state index in [1.165, 1.54) is 17.5 Å². The number of esters is 1. The fourth-order valence-corrected chi connectivity index (χ4v) is 3.50. The number of rotatable bonds is 5. The van der Waals surface area contributed by atoms with Crippen LogP contribution in [0.3, 0.4) is 0 Å². The maximum atomic E-state index is 12.1. The highest BCUT2D eigenvalue weighted by molar-refractivity contribution is 5.71. The minimum absolute atomic E-state index is 0.0487. The molecule has 2 aromatic rings. The van der Waals surface area contributed by atoms with E-state index in [0.717, 1.165) is 37.7 Å². The molecular formula is C19H22N2O3. The summed E-state index contributed by atoms with van der Waals surface area (Å²) in [4.78, 5) is 16.5. The third-order valence-electron chi connectivity index (χ3n) is 5.14. The van der Waals surface area contributed by atoms with E-state index in [9.17, 15) is 4.79 Å². The van der Waals surface area contributed by atoms with E-state index in [2.05, 4.69) is 22.3 Å². The molecule has 0 N–H and O–H groups in total. The van der Waals surface area contributed by atoms with Gasteiger partial charge < -0.3 is 9.26 Å². The first-order chi connectivity index (χ1) is 11.7. The Morgan fingerprint density at radius 3 is 2.92 bits per heavy atom. The van der Waals surface area contributed by atoms with Crippen LogP contribution in [0.2, 0.25) is 0 Å². The molecule has 126 valence electrons. The maximum Gasteiger partial charge on any atom is 0.306 e. The molecular weight excluding hydrogens is 304 g/mol. The number of benzene rings is 1. The van der Waals surface area contributed by atoms with Crippen molar-refractivity contribution in [1.82, 2.24) is 10.1 Å². The number of hydrogen-bond donors (Lipinski definition) is 0. The molecule has 1 saturated carbocycles. The van der Waals surface area contributed by atoms with Gasteiger partial charge in [-0.25, -0.2) is 0 Å². The normalized spacial score (nSPS) is 19.8. The first kappa shape index (κ1) is 15.4. The van der Waals surface area contributed by atoms with E-state index in [0.29, 0.717) is 18.1 Å². The van der Waals surface area contributed by atoms with Gasteiger partial charge in [0.1, 0.15) is 6.10 Å². The van der Waals surface area contributed by atoms with Crippen molar-refractivity contribution in [3.05, 3.63) is 35.2 Å². The Balaban J connectivity index is 1.46. The third kappa shape index (κ3) is 2.95. The second-order valence-corrected chi connectivity index (χ2v) is 6.76. The highest BCUT2D eigenvalue weighted by Gasteiger charge is 2.28. The van der Waals surface area contributed by atoms with Crippen LogP contribution < -0.4 is 0 Å². The van der Waals surface area contributed by atoms with Crippen LogP contribution in [0, 0.1) is 0 Å². The summed E-state index contributed by atoms with van der Waals surface area (Å²) < 4.78 is 10.7. The molecule has 4 rings (SSSR count). The summed E-state index contributed by atoms with van der Waals surface area (Å²) in [5, 5.41) is 4.04. The first-order valence-electron chi connectivity index (χ1n) is 8.88. The maximum absolute atomic E-state index is 12.1. The van der Waals surface area contributed by atoms with Crippen molar-refractivity contribution in [3.8, 4) is 11.4 Å². The van der Waals surface area contributed by atoms with E-state index >= 15 is 0 Å². The minimum Gasteiger partial charge on any atom is -0.462 e. The molecule has 2 aliphatic carbocycles. The van der Waals surface area contributed by atoms with E-state index in [-0.39, 0.29) is 18.0 Å². The standard InChI is InChI=1S/C19H22N2O3/c1-2-17-20-19(21-24-17)14-8-9-16-12(10-14)6-7-13(16)11-18(22)23-15-4-3-5-15/h8-10,13,15H,2-7,11H2,1H3/t13-/m0/s1. The highest BCUT2D eigenvalue weighted by atomic mass is 16.5. The molecule has 0 radical (unpaired) electrons. The number of carbonyl (C=O) groups excluding carboxylic acids is 1. The molecule has 24 heavy (non-hydrogen) atoms. The number of aromatic nitrogens is 2. The number of hydrogen-bond acceptors (Lipinski definition) is 5. The number of nitrogens with zero attached hydrogens (tertiary/aromatic N) is 2. The Hall–Kier alpha value is -2.17. The molecule has 2 aliphatic rings. The number of aryl methyl sites for hydroxylation is 2. The molecule has 0 unspecified atom stereocenters. The summed E-state index contributed by atoms with van der Waals surface area (Å²) >= 11 is 0. The lowest BCUT2D eigenvalue weighted by atomic mass is 9.95. The Bertz CT molecular complexity index is 749. The Kier molecular flexibility index (Phi) is 4.08. The number of fused-ring (bicyclic) bond motifs is 1. The van der Waals surface area contributed by atoms with Crippen LogP contribution in [-0.2, 0) is 22.4 Å². The molecule has 1 heterocycles. The van der Waals surface area contributed by atoms with Crippen molar-refractivity contribution in [2.45, 2.75) is 63.9 Å². The smallest absolute Gasteiger partial charge is 0.306 e. The highest BCUT2D eigenvalue weighted by Crippen LogP contribution is 2.38. The molecule has 0 aliphatic heterocycles. The van der Waals surface area contributed by atoms with Gasteiger partial charge in [0, 0.05) is 12.0 Å². The number of carbonyl (C=O) groups is 1. The summed E-state index contributed by atoms with van der Waals surface area (Å²) in [6, 6.07) is 6.27. The summed E-state index contributed by atoms with van der Waals surface area (Å²) in [5.41, 5.74) is 3.54. The fraction of sp³-hybridized carbons (Fsp3) is 0.526. The summed E-state index contributed by atoms with van der Waals surface area (Å²) in [5.74, 6) is 1.52. The summed E-state index contributed by atoms with van der Waals surface area (Å²) in [7, 11) is 0. The van der Waals surface area contributed by atoms with Gasteiger partial charge in [0.25, 0.3) is 0 Å². The fourth-order valence-electron chi connectivity index (χ4n) is 3.50. The van der Waals surface area contributed by atoms with Gasteiger partial charge >= 0.3 is 5.97 Å². The SMILES string of the molecule is CCc1nc(-c2ccc3c(c2)CC[C@H]3CC(=O)OC2CCC2)no1. The van der Waals surface area contributed by atoms with Crippen LogP contribution in [-0.4, -0.2) is 22.2 Å². The van der Waals surface area contributed by atoms with Gasteiger partial charge in [-0.3, -0.25) is 4.79 Å². The van der Waals surface area contributed by atoms with Crippen LogP contribution in [0.15, 0.2) is 22.7 Å². The lowest BCUT2D eigenvalue weighted by Gasteiger charge is -2.25. The predicted octanol–water partition coefficient (Wildman–Crippen LogP) is 3.81. The molecule has 1 fully saturated rings. The quantitative estimate of drug-likeness (QED) is 0.782. The molecule has 0 bridgehead atoms. The van der Waals surface area contributed by atoms with Gasteiger partial charge in [0.15, 0.2) is 0 Å². The van der Waals surface area contributed by atoms with Crippen molar-refractivity contribution in [2.75, 3.05) is 0 Å². The topological polar surface area (TPSA) is 65.2 Å².